The van der Waals surface area contributed by atoms with Crippen LogP contribution in [0.5, 0.6) is 0 Å². The summed E-state index contributed by atoms with van der Waals surface area (Å²) in [5.74, 6) is 0. The third-order valence-corrected chi connectivity index (χ3v) is 2.28. The second kappa shape index (κ2) is 4.43. The van der Waals surface area contributed by atoms with Crippen LogP contribution in [0.4, 0.5) is 8.78 Å². The summed E-state index contributed by atoms with van der Waals surface area (Å²) >= 11 is 11.3. The van der Waals surface area contributed by atoms with Crippen molar-refractivity contribution in [3.05, 3.63) is 33.8 Å². The van der Waals surface area contributed by atoms with Crippen LogP contribution >= 0.6 is 23.2 Å². The predicted molar refractivity (Wildman–Crippen MR) is 52.3 cm³/mol. The van der Waals surface area contributed by atoms with Crippen LogP contribution < -0.4 is 0 Å². The zero-order valence-electron chi connectivity index (χ0n) is 7.11. The molecule has 1 rings (SSSR count). The summed E-state index contributed by atoms with van der Waals surface area (Å²) in [4.78, 5) is 0. The Kier molecular flexibility index (Phi) is 3.70. The molecular formula is C9H8Cl2F2O. The Balaban J connectivity index is 3.17. The second-order valence-electron chi connectivity index (χ2n) is 2.96. The number of alkyl halides is 2. The zero-order valence-corrected chi connectivity index (χ0v) is 8.62. The zero-order chi connectivity index (χ0) is 10.8. The van der Waals surface area contributed by atoms with Crippen LogP contribution in [0.3, 0.4) is 0 Å². The van der Waals surface area contributed by atoms with Gasteiger partial charge in [-0.3, -0.25) is 0 Å². The fourth-order valence-corrected chi connectivity index (χ4v) is 1.54. The van der Waals surface area contributed by atoms with E-state index in [0.29, 0.717) is 0 Å². The summed E-state index contributed by atoms with van der Waals surface area (Å²) in [6, 6.07) is 3.99. The van der Waals surface area contributed by atoms with Gasteiger partial charge in [0.25, 0.3) is 0 Å². The number of aliphatic hydroxyl groups is 1. The van der Waals surface area contributed by atoms with Crippen LogP contribution in [-0.4, -0.2) is 18.5 Å². The Hall–Kier alpha value is -0.380. The average Bonchev–Trinajstić information content (AvgIpc) is 2.15. The summed E-state index contributed by atoms with van der Waals surface area (Å²) in [5.41, 5.74) is -2.10. The topological polar surface area (TPSA) is 20.2 Å². The molecule has 0 heterocycles. The van der Waals surface area contributed by atoms with Crippen LogP contribution in [0.15, 0.2) is 18.2 Å². The van der Waals surface area contributed by atoms with Gasteiger partial charge in [-0.15, -0.1) is 0 Å². The van der Waals surface area contributed by atoms with Crippen molar-refractivity contribution in [2.45, 2.75) is 5.60 Å². The van der Waals surface area contributed by atoms with E-state index in [1.54, 1.807) is 0 Å². The van der Waals surface area contributed by atoms with Crippen LogP contribution in [0.1, 0.15) is 5.56 Å². The Morgan fingerprint density at radius 2 is 1.50 bits per heavy atom. The van der Waals surface area contributed by atoms with Gasteiger partial charge in [0.05, 0.1) is 0 Å². The number of halogens is 4. The maximum Gasteiger partial charge on any atom is 0.146 e. The van der Waals surface area contributed by atoms with Crippen molar-refractivity contribution in [3.8, 4) is 0 Å². The normalized spacial score (nSPS) is 11.8. The van der Waals surface area contributed by atoms with E-state index in [1.807, 2.05) is 0 Å². The molecule has 14 heavy (non-hydrogen) atoms. The molecule has 0 aliphatic heterocycles. The molecule has 0 saturated heterocycles. The van der Waals surface area contributed by atoms with Crippen molar-refractivity contribution in [1.82, 2.24) is 0 Å². The highest BCUT2D eigenvalue weighted by Crippen LogP contribution is 2.28. The first kappa shape index (κ1) is 11.7. The van der Waals surface area contributed by atoms with E-state index in [1.165, 1.54) is 18.2 Å². The highest BCUT2D eigenvalue weighted by molar-refractivity contribution is 6.34. The minimum absolute atomic E-state index is 0.0417. The van der Waals surface area contributed by atoms with Gasteiger partial charge >= 0.3 is 0 Å². The van der Waals surface area contributed by atoms with E-state index in [-0.39, 0.29) is 15.6 Å². The smallest absolute Gasteiger partial charge is 0.146 e. The van der Waals surface area contributed by atoms with Crippen molar-refractivity contribution in [2.24, 2.45) is 0 Å². The molecular weight excluding hydrogens is 233 g/mol. The molecule has 0 amide bonds. The molecule has 5 heteroatoms. The Morgan fingerprint density at radius 1 is 1.07 bits per heavy atom. The highest BCUT2D eigenvalue weighted by atomic mass is 35.5. The molecule has 0 spiro atoms. The molecule has 0 aromatic heterocycles. The monoisotopic (exact) mass is 240 g/mol. The molecule has 0 bridgehead atoms. The molecule has 1 N–H and O–H groups in total. The van der Waals surface area contributed by atoms with Gasteiger partial charge in [-0.1, -0.05) is 23.2 Å². The Labute approximate surface area is 90.3 Å². The predicted octanol–water partition coefficient (Wildman–Crippen LogP) is 3.12. The van der Waals surface area contributed by atoms with E-state index >= 15 is 0 Å². The summed E-state index contributed by atoms with van der Waals surface area (Å²) < 4.78 is 24.8. The van der Waals surface area contributed by atoms with Gasteiger partial charge in [0.1, 0.15) is 19.0 Å². The van der Waals surface area contributed by atoms with Gasteiger partial charge in [0, 0.05) is 10.0 Å². The molecule has 1 nitrogen and oxygen atoms in total. The minimum atomic E-state index is -2.14. The summed E-state index contributed by atoms with van der Waals surface area (Å²) in [6.45, 7) is -2.44. The first-order valence-corrected chi connectivity index (χ1v) is 4.58. The number of hydrogen-bond acceptors (Lipinski definition) is 1. The van der Waals surface area contributed by atoms with Crippen LogP contribution in [0.25, 0.3) is 0 Å². The SMILES string of the molecule is OC(CF)(CF)c1cc(Cl)cc(Cl)c1. The fraction of sp³-hybridized carbons (Fsp3) is 0.333. The van der Waals surface area contributed by atoms with Crippen LogP contribution in [-0.2, 0) is 5.60 Å². The van der Waals surface area contributed by atoms with Crippen molar-refractivity contribution in [2.75, 3.05) is 13.3 Å². The molecule has 0 atom stereocenters. The molecule has 0 radical (unpaired) electrons. The molecule has 1 aromatic rings. The maximum absolute atomic E-state index is 12.4. The van der Waals surface area contributed by atoms with Crippen LogP contribution in [0, 0.1) is 0 Å². The Morgan fingerprint density at radius 3 is 1.86 bits per heavy atom. The lowest BCUT2D eigenvalue weighted by Crippen LogP contribution is -2.30. The van der Waals surface area contributed by atoms with Crippen molar-refractivity contribution >= 4 is 23.2 Å². The van der Waals surface area contributed by atoms with Gasteiger partial charge < -0.3 is 5.11 Å². The van der Waals surface area contributed by atoms with E-state index < -0.39 is 19.0 Å². The maximum atomic E-state index is 12.4. The van der Waals surface area contributed by atoms with E-state index in [0.717, 1.165) is 0 Å². The van der Waals surface area contributed by atoms with E-state index in [2.05, 4.69) is 0 Å². The van der Waals surface area contributed by atoms with Gasteiger partial charge in [-0.05, 0) is 23.8 Å². The first-order chi connectivity index (χ1) is 6.51. The molecule has 0 aliphatic carbocycles. The van der Waals surface area contributed by atoms with Gasteiger partial charge in [-0.25, -0.2) is 8.78 Å². The van der Waals surface area contributed by atoms with E-state index in [9.17, 15) is 13.9 Å². The second-order valence-corrected chi connectivity index (χ2v) is 3.83. The van der Waals surface area contributed by atoms with Crippen molar-refractivity contribution in [3.63, 3.8) is 0 Å². The van der Waals surface area contributed by atoms with Gasteiger partial charge in [0.15, 0.2) is 0 Å². The number of hydrogen-bond donors (Lipinski definition) is 1. The highest BCUT2D eigenvalue weighted by Gasteiger charge is 2.30. The third kappa shape index (κ3) is 2.35. The lowest BCUT2D eigenvalue weighted by molar-refractivity contribution is -0.0111. The summed E-state index contributed by atoms with van der Waals surface area (Å²) in [6.07, 6.45) is 0. The molecule has 0 unspecified atom stereocenters. The van der Waals surface area contributed by atoms with Crippen LogP contribution in [0.2, 0.25) is 10.0 Å². The average molecular weight is 241 g/mol. The molecule has 0 aliphatic rings. The lowest BCUT2D eigenvalue weighted by atomic mass is 9.97. The van der Waals surface area contributed by atoms with Crippen molar-refractivity contribution in [1.29, 1.82) is 0 Å². The fourth-order valence-electron chi connectivity index (χ4n) is 1.01. The quantitative estimate of drug-likeness (QED) is 0.861. The molecule has 0 fully saturated rings. The van der Waals surface area contributed by atoms with Gasteiger partial charge in [-0.2, -0.15) is 0 Å². The number of benzene rings is 1. The largest absolute Gasteiger partial charge is 0.380 e. The molecule has 78 valence electrons. The lowest BCUT2D eigenvalue weighted by Gasteiger charge is -2.21. The molecule has 0 saturated carbocycles. The van der Waals surface area contributed by atoms with E-state index in [4.69, 9.17) is 23.2 Å². The van der Waals surface area contributed by atoms with Crippen molar-refractivity contribution < 1.29 is 13.9 Å². The van der Waals surface area contributed by atoms with Gasteiger partial charge in [0.2, 0.25) is 0 Å². The third-order valence-electron chi connectivity index (χ3n) is 1.84. The number of rotatable bonds is 3. The summed E-state index contributed by atoms with van der Waals surface area (Å²) in [5, 5.41) is 9.94. The summed E-state index contributed by atoms with van der Waals surface area (Å²) in [7, 11) is 0. The standard InChI is InChI=1S/C9H8Cl2F2O/c10-7-1-6(2-8(11)3-7)9(14,4-12)5-13/h1-3,14H,4-5H2. The Bertz CT molecular complexity index is 306. The first-order valence-electron chi connectivity index (χ1n) is 3.83. The molecule has 1 aromatic carbocycles. The minimum Gasteiger partial charge on any atom is -0.380 e.